The molecule has 1 aliphatic rings. The van der Waals surface area contributed by atoms with Crippen molar-refractivity contribution >= 4 is 23.2 Å². The summed E-state index contributed by atoms with van der Waals surface area (Å²) in [5.74, 6) is -1.02. The lowest BCUT2D eigenvalue weighted by atomic mass is 10.1. The van der Waals surface area contributed by atoms with Gasteiger partial charge in [-0.25, -0.2) is 13.8 Å². The second-order valence-electron chi connectivity index (χ2n) is 7.21. The quantitative estimate of drug-likeness (QED) is 0.620. The predicted molar refractivity (Wildman–Crippen MR) is 114 cm³/mol. The van der Waals surface area contributed by atoms with E-state index in [2.05, 4.69) is 4.98 Å². The van der Waals surface area contributed by atoms with Crippen molar-refractivity contribution in [3.05, 3.63) is 81.9 Å². The van der Waals surface area contributed by atoms with Crippen molar-refractivity contribution < 1.29 is 13.6 Å². The van der Waals surface area contributed by atoms with E-state index in [9.17, 15) is 18.4 Å². The van der Waals surface area contributed by atoms with Crippen molar-refractivity contribution in [3.8, 4) is 11.3 Å². The van der Waals surface area contributed by atoms with E-state index < -0.39 is 5.82 Å². The average Bonchev–Trinajstić information content (AvgIpc) is 2.77. The Balaban J connectivity index is 1.38. The summed E-state index contributed by atoms with van der Waals surface area (Å²) in [6.45, 7) is 1.99. The molecule has 2 heterocycles. The number of halogens is 3. The van der Waals surface area contributed by atoms with Crippen LogP contribution in [-0.4, -0.2) is 46.5 Å². The molecular formula is C22H19ClF2N4O2. The molecule has 3 aromatic rings. The summed E-state index contributed by atoms with van der Waals surface area (Å²) in [5, 5.41) is 0.0620. The fourth-order valence-corrected chi connectivity index (χ4v) is 3.64. The number of rotatable bonds is 4. The SMILES string of the molecule is O=C(Cn1cnc(-c2ccc(F)cc2)cc1=O)N1CCN(c2ccc(F)c(Cl)c2)CC1. The maximum atomic E-state index is 13.4. The first-order valence-electron chi connectivity index (χ1n) is 9.71. The largest absolute Gasteiger partial charge is 0.368 e. The fourth-order valence-electron chi connectivity index (χ4n) is 3.46. The molecule has 0 N–H and O–H groups in total. The third-order valence-electron chi connectivity index (χ3n) is 5.23. The fraction of sp³-hybridized carbons (Fsp3) is 0.227. The molecular weight excluding hydrogens is 426 g/mol. The van der Waals surface area contributed by atoms with Gasteiger partial charge in [-0.3, -0.25) is 14.2 Å². The Morgan fingerprint density at radius 3 is 2.35 bits per heavy atom. The Labute approximate surface area is 182 Å². The standard InChI is InChI=1S/C22H19ClF2N4O2/c23-18-11-17(5-6-19(18)25)27-7-9-28(10-8-27)22(31)13-29-14-26-20(12-21(29)30)15-1-3-16(24)4-2-15/h1-6,11-12,14H,7-10,13H2. The van der Waals surface area contributed by atoms with Gasteiger partial charge in [0.2, 0.25) is 5.91 Å². The van der Waals surface area contributed by atoms with Crippen molar-refractivity contribution in [2.75, 3.05) is 31.1 Å². The van der Waals surface area contributed by atoms with Crippen molar-refractivity contribution in [1.82, 2.24) is 14.5 Å². The molecule has 1 amide bonds. The minimum Gasteiger partial charge on any atom is -0.368 e. The van der Waals surface area contributed by atoms with Gasteiger partial charge in [0, 0.05) is 43.5 Å². The van der Waals surface area contributed by atoms with Crippen LogP contribution in [0.25, 0.3) is 11.3 Å². The number of aromatic nitrogens is 2. The Hall–Kier alpha value is -3.26. The highest BCUT2D eigenvalue weighted by Gasteiger charge is 2.22. The van der Waals surface area contributed by atoms with Crippen LogP contribution in [-0.2, 0) is 11.3 Å². The van der Waals surface area contributed by atoms with E-state index in [0.717, 1.165) is 5.69 Å². The molecule has 0 bridgehead atoms. The number of hydrogen-bond acceptors (Lipinski definition) is 4. The molecule has 0 aliphatic carbocycles. The predicted octanol–water partition coefficient (Wildman–Crippen LogP) is 3.19. The van der Waals surface area contributed by atoms with E-state index >= 15 is 0 Å². The van der Waals surface area contributed by atoms with E-state index in [1.807, 2.05) is 4.90 Å². The van der Waals surface area contributed by atoms with Crippen LogP contribution < -0.4 is 10.5 Å². The highest BCUT2D eigenvalue weighted by atomic mass is 35.5. The van der Waals surface area contributed by atoms with Crippen LogP contribution in [0.5, 0.6) is 0 Å². The number of carbonyl (C=O) groups is 1. The molecule has 0 radical (unpaired) electrons. The van der Waals surface area contributed by atoms with Crippen LogP contribution >= 0.6 is 11.6 Å². The van der Waals surface area contributed by atoms with E-state index in [-0.39, 0.29) is 28.9 Å². The lowest BCUT2D eigenvalue weighted by molar-refractivity contribution is -0.132. The number of piperazine rings is 1. The zero-order valence-corrected chi connectivity index (χ0v) is 17.2. The van der Waals surface area contributed by atoms with Crippen molar-refractivity contribution in [2.45, 2.75) is 6.54 Å². The Morgan fingerprint density at radius 2 is 1.71 bits per heavy atom. The van der Waals surface area contributed by atoms with Gasteiger partial charge >= 0.3 is 0 Å². The van der Waals surface area contributed by atoms with Crippen molar-refractivity contribution in [3.63, 3.8) is 0 Å². The molecule has 31 heavy (non-hydrogen) atoms. The van der Waals surface area contributed by atoms with E-state index in [0.29, 0.717) is 37.4 Å². The zero-order chi connectivity index (χ0) is 22.0. The van der Waals surface area contributed by atoms with E-state index in [1.54, 1.807) is 29.2 Å². The molecule has 0 atom stereocenters. The van der Waals surface area contributed by atoms with E-state index in [1.165, 1.54) is 35.2 Å². The molecule has 1 aliphatic heterocycles. The van der Waals surface area contributed by atoms with Crippen LogP contribution in [0.2, 0.25) is 5.02 Å². The minimum absolute atomic E-state index is 0.0620. The van der Waals surface area contributed by atoms with Crippen LogP contribution in [0.15, 0.2) is 59.7 Å². The Kier molecular flexibility index (Phi) is 5.99. The molecule has 6 nitrogen and oxygen atoms in total. The van der Waals surface area contributed by atoms with Gasteiger partial charge in [0.15, 0.2) is 0 Å². The highest BCUT2D eigenvalue weighted by Crippen LogP contribution is 2.23. The molecule has 4 rings (SSSR count). The highest BCUT2D eigenvalue weighted by molar-refractivity contribution is 6.31. The second-order valence-corrected chi connectivity index (χ2v) is 7.62. The summed E-state index contributed by atoms with van der Waals surface area (Å²) in [7, 11) is 0. The van der Waals surface area contributed by atoms with Crippen LogP contribution in [0.4, 0.5) is 14.5 Å². The normalized spacial score (nSPS) is 14.0. The molecule has 2 aromatic carbocycles. The summed E-state index contributed by atoms with van der Waals surface area (Å²) >= 11 is 5.85. The van der Waals surface area contributed by atoms with Gasteiger partial charge < -0.3 is 9.80 Å². The average molecular weight is 445 g/mol. The maximum Gasteiger partial charge on any atom is 0.254 e. The van der Waals surface area contributed by atoms with Crippen molar-refractivity contribution in [1.29, 1.82) is 0 Å². The lowest BCUT2D eigenvalue weighted by Gasteiger charge is -2.36. The molecule has 9 heteroatoms. The summed E-state index contributed by atoms with van der Waals surface area (Å²) in [6.07, 6.45) is 1.33. The monoisotopic (exact) mass is 444 g/mol. The molecule has 160 valence electrons. The summed E-state index contributed by atoms with van der Waals surface area (Å²) in [6, 6.07) is 11.6. The smallest absolute Gasteiger partial charge is 0.254 e. The van der Waals surface area contributed by atoms with Gasteiger partial charge in [0.05, 0.1) is 17.0 Å². The van der Waals surface area contributed by atoms with Gasteiger partial charge in [-0.05, 0) is 42.5 Å². The number of hydrogen-bond donors (Lipinski definition) is 0. The minimum atomic E-state index is -0.469. The summed E-state index contributed by atoms with van der Waals surface area (Å²) < 4.78 is 27.7. The lowest BCUT2D eigenvalue weighted by Crippen LogP contribution is -2.50. The third-order valence-corrected chi connectivity index (χ3v) is 5.52. The zero-order valence-electron chi connectivity index (χ0n) is 16.5. The molecule has 0 saturated carbocycles. The van der Waals surface area contributed by atoms with Crippen LogP contribution in [0, 0.1) is 11.6 Å². The van der Waals surface area contributed by atoms with Crippen LogP contribution in [0.3, 0.4) is 0 Å². The third kappa shape index (κ3) is 4.74. The summed E-state index contributed by atoms with van der Waals surface area (Å²) in [5.41, 5.74) is 1.48. The number of nitrogens with zero attached hydrogens (tertiary/aromatic N) is 4. The maximum absolute atomic E-state index is 13.4. The summed E-state index contributed by atoms with van der Waals surface area (Å²) in [4.78, 5) is 33.0. The Morgan fingerprint density at radius 1 is 1.00 bits per heavy atom. The van der Waals surface area contributed by atoms with E-state index in [4.69, 9.17) is 11.6 Å². The van der Waals surface area contributed by atoms with Gasteiger partial charge in [0.1, 0.15) is 18.2 Å². The number of amides is 1. The molecule has 1 fully saturated rings. The number of benzene rings is 2. The number of carbonyl (C=O) groups excluding carboxylic acids is 1. The van der Waals surface area contributed by atoms with Gasteiger partial charge in [-0.2, -0.15) is 0 Å². The first kappa shape index (κ1) is 21.0. The molecule has 1 aromatic heterocycles. The topological polar surface area (TPSA) is 58.4 Å². The van der Waals surface area contributed by atoms with Gasteiger partial charge in [-0.15, -0.1) is 0 Å². The molecule has 1 saturated heterocycles. The van der Waals surface area contributed by atoms with Crippen LogP contribution in [0.1, 0.15) is 0 Å². The molecule has 0 spiro atoms. The first-order valence-corrected chi connectivity index (χ1v) is 10.1. The van der Waals surface area contributed by atoms with Gasteiger partial charge in [0.25, 0.3) is 5.56 Å². The number of anilines is 1. The first-order chi connectivity index (χ1) is 14.9. The van der Waals surface area contributed by atoms with Gasteiger partial charge in [-0.1, -0.05) is 11.6 Å². The Bertz CT molecular complexity index is 1160. The van der Waals surface area contributed by atoms with Crippen molar-refractivity contribution in [2.24, 2.45) is 0 Å². The second kappa shape index (κ2) is 8.85. The molecule has 0 unspecified atom stereocenters.